The van der Waals surface area contributed by atoms with Gasteiger partial charge in [0, 0.05) is 17.6 Å². The number of fused-ring (bicyclic) bond motifs is 1. The molecular formula is C18H19N3O3. The maximum atomic E-state index is 11.7. The zero-order valence-corrected chi connectivity index (χ0v) is 13.5. The molecule has 2 aromatic rings. The summed E-state index contributed by atoms with van der Waals surface area (Å²) in [7, 11) is 0. The molecule has 0 aliphatic carbocycles. The number of ether oxygens (including phenoxy) is 2. The largest absolute Gasteiger partial charge is 0.493 e. The lowest BCUT2D eigenvalue weighted by molar-refractivity contribution is 0.176. The molecule has 0 saturated carbocycles. The van der Waals surface area contributed by atoms with Gasteiger partial charge in [0.25, 0.3) is 0 Å². The van der Waals surface area contributed by atoms with E-state index in [0.29, 0.717) is 18.2 Å². The van der Waals surface area contributed by atoms with Crippen LogP contribution < -0.4 is 10.1 Å². The summed E-state index contributed by atoms with van der Waals surface area (Å²) >= 11 is 0. The first-order chi connectivity index (χ1) is 11.8. The van der Waals surface area contributed by atoms with Gasteiger partial charge < -0.3 is 14.5 Å². The second-order valence-corrected chi connectivity index (χ2v) is 5.50. The lowest BCUT2D eigenvalue weighted by atomic mass is 9.89. The third-order valence-electron chi connectivity index (χ3n) is 3.89. The van der Waals surface area contributed by atoms with E-state index in [4.69, 9.17) is 9.47 Å². The number of hydrogen-bond donors (Lipinski definition) is 2. The lowest BCUT2D eigenvalue weighted by Gasteiger charge is -2.26. The van der Waals surface area contributed by atoms with Gasteiger partial charge in [-0.1, -0.05) is 5.92 Å². The first-order valence-corrected chi connectivity index (χ1v) is 7.83. The van der Waals surface area contributed by atoms with Crippen molar-refractivity contribution in [3.63, 3.8) is 0 Å². The van der Waals surface area contributed by atoms with Gasteiger partial charge in [0.1, 0.15) is 5.75 Å². The monoisotopic (exact) mass is 325 g/mol. The van der Waals surface area contributed by atoms with Gasteiger partial charge in [-0.05, 0) is 49.4 Å². The fraction of sp³-hybridized carbons (Fsp3) is 0.333. The zero-order chi connectivity index (χ0) is 16.8. The standard InChI is InChI=1S/C18H19N3O3/c1-2-3-7-24-18(22)21-14-4-5-17-16(10-14)13(6-8-23-17)9-15-11-19-12-20-15/h4-5,10-13H,6-9H2,1H3,(H,19,20)(H,21,22). The first-order valence-electron chi connectivity index (χ1n) is 7.83. The van der Waals surface area contributed by atoms with E-state index in [9.17, 15) is 4.79 Å². The summed E-state index contributed by atoms with van der Waals surface area (Å²) in [5.41, 5.74) is 2.86. The number of amides is 1. The summed E-state index contributed by atoms with van der Waals surface area (Å²) in [5, 5.41) is 2.73. The van der Waals surface area contributed by atoms with Gasteiger partial charge >= 0.3 is 6.09 Å². The van der Waals surface area contributed by atoms with Gasteiger partial charge in [0.05, 0.1) is 12.9 Å². The van der Waals surface area contributed by atoms with Crippen LogP contribution in [0.2, 0.25) is 0 Å². The molecular weight excluding hydrogens is 306 g/mol. The predicted molar refractivity (Wildman–Crippen MR) is 90.0 cm³/mol. The minimum absolute atomic E-state index is 0.0822. The van der Waals surface area contributed by atoms with Crippen LogP contribution in [0.4, 0.5) is 10.5 Å². The molecule has 1 aromatic carbocycles. The van der Waals surface area contributed by atoms with Crippen molar-refractivity contribution in [1.29, 1.82) is 0 Å². The summed E-state index contributed by atoms with van der Waals surface area (Å²) in [4.78, 5) is 18.9. The zero-order valence-electron chi connectivity index (χ0n) is 13.5. The first kappa shape index (κ1) is 15.9. The van der Waals surface area contributed by atoms with Crippen LogP contribution in [-0.4, -0.2) is 29.3 Å². The van der Waals surface area contributed by atoms with Gasteiger partial charge in [-0.25, -0.2) is 9.78 Å². The number of rotatable bonds is 4. The Morgan fingerprint density at radius 2 is 2.46 bits per heavy atom. The third kappa shape index (κ3) is 3.87. The van der Waals surface area contributed by atoms with Crippen LogP contribution in [0.3, 0.4) is 0 Å². The fourth-order valence-electron chi connectivity index (χ4n) is 2.74. The van der Waals surface area contributed by atoms with Crippen LogP contribution >= 0.6 is 0 Å². The molecule has 1 aromatic heterocycles. The minimum atomic E-state index is -0.514. The number of benzene rings is 1. The number of anilines is 1. The van der Waals surface area contributed by atoms with Crippen molar-refractivity contribution in [1.82, 2.24) is 9.97 Å². The Hall–Kier alpha value is -2.94. The SMILES string of the molecule is CC#CCOC(=O)Nc1ccc2c(c1)C(Cc1cnc[nH]1)CCO2. The second kappa shape index (κ2) is 7.55. The van der Waals surface area contributed by atoms with Gasteiger partial charge in [-0.2, -0.15) is 0 Å². The third-order valence-corrected chi connectivity index (χ3v) is 3.89. The number of aromatic nitrogens is 2. The quantitative estimate of drug-likeness (QED) is 0.847. The number of aromatic amines is 1. The molecule has 0 fully saturated rings. The molecule has 6 heteroatoms. The van der Waals surface area contributed by atoms with Crippen molar-refractivity contribution in [2.45, 2.75) is 25.7 Å². The van der Waals surface area contributed by atoms with E-state index >= 15 is 0 Å². The number of nitrogens with zero attached hydrogens (tertiary/aromatic N) is 1. The molecule has 0 spiro atoms. The van der Waals surface area contributed by atoms with Crippen molar-refractivity contribution in [2.75, 3.05) is 18.5 Å². The van der Waals surface area contributed by atoms with E-state index in [0.717, 1.165) is 29.8 Å². The normalized spacial score (nSPS) is 15.5. The Kier molecular flexibility index (Phi) is 5.02. The van der Waals surface area contributed by atoms with Crippen LogP contribution in [0.25, 0.3) is 0 Å². The molecule has 2 N–H and O–H groups in total. The molecule has 6 nitrogen and oxygen atoms in total. The number of H-pyrrole nitrogens is 1. The molecule has 2 heterocycles. The Labute approximate surface area is 140 Å². The van der Waals surface area contributed by atoms with Gasteiger partial charge in [-0.15, -0.1) is 5.92 Å². The summed E-state index contributed by atoms with van der Waals surface area (Å²) in [5.74, 6) is 6.54. The highest BCUT2D eigenvalue weighted by Gasteiger charge is 2.23. The molecule has 1 unspecified atom stereocenters. The maximum Gasteiger partial charge on any atom is 0.412 e. The number of carbonyl (C=O) groups excluding carboxylic acids is 1. The van der Waals surface area contributed by atoms with Gasteiger partial charge in [-0.3, -0.25) is 5.32 Å². The van der Waals surface area contributed by atoms with E-state index in [1.54, 1.807) is 13.3 Å². The molecule has 0 saturated heterocycles. The number of imidazole rings is 1. The minimum Gasteiger partial charge on any atom is -0.493 e. The predicted octanol–water partition coefficient (Wildman–Crippen LogP) is 3.09. The van der Waals surface area contributed by atoms with Crippen molar-refractivity contribution in [3.05, 3.63) is 42.0 Å². The van der Waals surface area contributed by atoms with Crippen LogP contribution in [0, 0.1) is 11.8 Å². The number of nitrogens with one attached hydrogen (secondary N) is 2. The molecule has 1 aliphatic heterocycles. The highest BCUT2D eigenvalue weighted by molar-refractivity contribution is 5.85. The summed E-state index contributed by atoms with van der Waals surface area (Å²) in [6.45, 7) is 2.47. The highest BCUT2D eigenvalue weighted by Crippen LogP contribution is 2.37. The number of hydrogen-bond acceptors (Lipinski definition) is 4. The molecule has 3 rings (SSSR count). The van der Waals surface area contributed by atoms with Crippen LogP contribution in [0.5, 0.6) is 5.75 Å². The maximum absolute atomic E-state index is 11.7. The van der Waals surface area contributed by atoms with Crippen molar-refractivity contribution in [2.24, 2.45) is 0 Å². The van der Waals surface area contributed by atoms with E-state index < -0.39 is 6.09 Å². The lowest BCUT2D eigenvalue weighted by Crippen LogP contribution is -2.18. The molecule has 24 heavy (non-hydrogen) atoms. The topological polar surface area (TPSA) is 76.2 Å². The summed E-state index contributed by atoms with van der Waals surface area (Å²) in [6.07, 6.45) is 4.79. The van der Waals surface area contributed by atoms with Gasteiger partial charge in [0.2, 0.25) is 0 Å². The Morgan fingerprint density at radius 3 is 3.25 bits per heavy atom. The Balaban J connectivity index is 1.72. The van der Waals surface area contributed by atoms with Crippen molar-refractivity contribution >= 4 is 11.8 Å². The molecule has 0 radical (unpaired) electrons. The second-order valence-electron chi connectivity index (χ2n) is 5.50. The molecule has 1 amide bonds. The smallest absolute Gasteiger partial charge is 0.412 e. The summed E-state index contributed by atoms with van der Waals surface area (Å²) < 4.78 is 10.7. The van der Waals surface area contributed by atoms with Crippen molar-refractivity contribution in [3.8, 4) is 17.6 Å². The van der Waals surface area contributed by atoms with E-state index in [1.165, 1.54) is 0 Å². The fourth-order valence-corrected chi connectivity index (χ4v) is 2.74. The van der Waals surface area contributed by atoms with Gasteiger partial charge in [0.15, 0.2) is 6.61 Å². The molecule has 1 aliphatic rings. The van der Waals surface area contributed by atoms with Crippen LogP contribution in [0.1, 0.15) is 30.5 Å². The Bertz CT molecular complexity index is 760. The highest BCUT2D eigenvalue weighted by atomic mass is 16.5. The molecule has 124 valence electrons. The summed E-state index contributed by atoms with van der Waals surface area (Å²) in [6, 6.07) is 5.64. The van der Waals surface area contributed by atoms with E-state index in [1.807, 2.05) is 24.4 Å². The Morgan fingerprint density at radius 1 is 1.54 bits per heavy atom. The van der Waals surface area contributed by atoms with Crippen LogP contribution in [-0.2, 0) is 11.2 Å². The van der Waals surface area contributed by atoms with E-state index in [-0.39, 0.29) is 6.61 Å². The molecule has 0 bridgehead atoms. The average Bonchev–Trinajstić information content (AvgIpc) is 3.09. The molecule has 1 atom stereocenters. The van der Waals surface area contributed by atoms with E-state index in [2.05, 4.69) is 27.1 Å². The average molecular weight is 325 g/mol. The number of carbonyl (C=O) groups is 1. The van der Waals surface area contributed by atoms with Crippen LogP contribution in [0.15, 0.2) is 30.7 Å². The van der Waals surface area contributed by atoms with Crippen molar-refractivity contribution < 1.29 is 14.3 Å².